The minimum Gasteiger partial charge on any atom is -0.497 e. The zero-order valence-electron chi connectivity index (χ0n) is 18.2. The van der Waals surface area contributed by atoms with E-state index in [4.69, 9.17) is 21.0 Å². The molecule has 0 spiro atoms. The molecule has 1 saturated heterocycles. The Morgan fingerprint density at radius 1 is 1.26 bits per heavy atom. The Morgan fingerprint density at radius 2 is 1.97 bits per heavy atom. The summed E-state index contributed by atoms with van der Waals surface area (Å²) in [5.74, 6) is 0.760. The molecule has 2 aromatic rings. The van der Waals surface area contributed by atoms with Gasteiger partial charge >= 0.3 is 6.09 Å². The first-order valence-electron chi connectivity index (χ1n) is 10.2. The van der Waals surface area contributed by atoms with Crippen LogP contribution in [0.5, 0.6) is 5.75 Å². The number of halogens is 1. The molecule has 3 rings (SSSR count). The zero-order chi connectivity index (χ0) is 22.6. The molecular weight excluding hydrogens is 399 g/mol. The number of hydrogen-bond acceptors (Lipinski definition) is 5. The van der Waals surface area contributed by atoms with Crippen LogP contribution in [0.25, 0.3) is 16.1 Å². The van der Waals surface area contributed by atoms with Crippen molar-refractivity contribution in [1.29, 1.82) is 0 Å². The molecule has 31 heavy (non-hydrogen) atoms. The van der Waals surface area contributed by atoms with Crippen molar-refractivity contribution in [2.75, 3.05) is 25.1 Å². The van der Waals surface area contributed by atoms with E-state index in [0.29, 0.717) is 30.1 Å². The van der Waals surface area contributed by atoms with E-state index in [2.05, 4.69) is 15.1 Å². The van der Waals surface area contributed by atoms with Crippen LogP contribution >= 0.6 is 0 Å². The van der Waals surface area contributed by atoms with E-state index in [1.807, 2.05) is 26.8 Å². The van der Waals surface area contributed by atoms with Crippen LogP contribution in [0.1, 0.15) is 33.6 Å². The number of methoxy groups -OCH3 is 1. The van der Waals surface area contributed by atoms with Crippen molar-refractivity contribution in [3.8, 4) is 17.0 Å². The van der Waals surface area contributed by atoms with E-state index in [1.165, 1.54) is 12.1 Å². The monoisotopic (exact) mass is 426 g/mol. The summed E-state index contributed by atoms with van der Waals surface area (Å²) >= 11 is 0. The summed E-state index contributed by atoms with van der Waals surface area (Å²) in [6.07, 6.45) is 1.10. The smallest absolute Gasteiger partial charge is 0.407 e. The number of nitrogens with one attached hydrogen (secondary N) is 1. The Balaban J connectivity index is 1.72. The van der Waals surface area contributed by atoms with Crippen molar-refractivity contribution >= 4 is 17.6 Å². The lowest BCUT2D eigenvalue weighted by atomic mass is 10.0. The van der Waals surface area contributed by atoms with Crippen LogP contribution in [0, 0.1) is 12.4 Å². The van der Waals surface area contributed by atoms with Crippen LogP contribution in [-0.4, -0.2) is 42.9 Å². The molecule has 1 amide bonds. The number of amides is 1. The lowest BCUT2D eigenvalue weighted by Crippen LogP contribution is -2.46. The van der Waals surface area contributed by atoms with Crippen molar-refractivity contribution in [2.45, 2.75) is 45.3 Å². The van der Waals surface area contributed by atoms with Crippen LogP contribution in [-0.2, 0) is 4.74 Å². The maximum absolute atomic E-state index is 14.1. The van der Waals surface area contributed by atoms with E-state index < -0.39 is 17.5 Å². The van der Waals surface area contributed by atoms with Gasteiger partial charge in [-0.1, -0.05) is 12.1 Å². The standard InChI is InChI=1S/C23H27FN4O3/c1-23(2,3)31-22(29)26-16-8-10-28(11-9-16)21-14-17(30-5)13-20(27-21)15-6-7-19(25-4)18(24)12-15/h6-7,12-14,16H,8-11H2,1-3,5H3,(H,26,29). The highest BCUT2D eigenvalue weighted by Gasteiger charge is 2.25. The highest BCUT2D eigenvalue weighted by molar-refractivity contribution is 5.68. The van der Waals surface area contributed by atoms with Crippen LogP contribution in [0.2, 0.25) is 0 Å². The van der Waals surface area contributed by atoms with Crippen molar-refractivity contribution < 1.29 is 18.7 Å². The first-order valence-corrected chi connectivity index (χ1v) is 10.2. The number of carbonyl (C=O) groups excluding carboxylic acids is 1. The predicted molar refractivity (Wildman–Crippen MR) is 117 cm³/mol. The van der Waals surface area contributed by atoms with Gasteiger partial charge in [-0.15, -0.1) is 0 Å². The lowest BCUT2D eigenvalue weighted by Gasteiger charge is -2.33. The molecule has 1 aromatic carbocycles. The molecule has 0 unspecified atom stereocenters. The first kappa shape index (κ1) is 22.3. The van der Waals surface area contributed by atoms with Gasteiger partial charge in [0, 0.05) is 36.8 Å². The molecule has 0 aliphatic carbocycles. The normalized spacial score (nSPS) is 14.6. The lowest BCUT2D eigenvalue weighted by molar-refractivity contribution is 0.0497. The number of piperidine rings is 1. The van der Waals surface area contributed by atoms with Gasteiger partial charge in [0.2, 0.25) is 5.69 Å². The minimum absolute atomic E-state index is 0.0218. The minimum atomic E-state index is -0.576. The summed E-state index contributed by atoms with van der Waals surface area (Å²) < 4.78 is 24.8. The van der Waals surface area contributed by atoms with Gasteiger partial charge < -0.3 is 19.7 Å². The van der Waals surface area contributed by atoms with Gasteiger partial charge in [-0.25, -0.2) is 19.0 Å². The predicted octanol–water partition coefficient (Wildman–Crippen LogP) is 4.94. The average Bonchev–Trinajstić information content (AvgIpc) is 2.72. The number of ether oxygens (including phenoxy) is 2. The zero-order valence-corrected chi connectivity index (χ0v) is 18.2. The number of anilines is 1. The van der Waals surface area contributed by atoms with Gasteiger partial charge in [0.1, 0.15) is 23.0 Å². The molecule has 1 fully saturated rings. The molecule has 7 nitrogen and oxygen atoms in total. The van der Waals surface area contributed by atoms with Crippen LogP contribution in [0.4, 0.5) is 20.7 Å². The Kier molecular flexibility index (Phi) is 6.64. The largest absolute Gasteiger partial charge is 0.497 e. The third kappa shape index (κ3) is 5.85. The molecule has 2 heterocycles. The number of benzene rings is 1. The fourth-order valence-corrected chi connectivity index (χ4v) is 3.40. The van der Waals surface area contributed by atoms with Gasteiger partial charge in [0.25, 0.3) is 0 Å². The van der Waals surface area contributed by atoms with Crippen LogP contribution < -0.4 is 15.0 Å². The Bertz CT molecular complexity index is 989. The third-order valence-corrected chi connectivity index (χ3v) is 4.92. The quantitative estimate of drug-likeness (QED) is 0.702. The van der Waals surface area contributed by atoms with Gasteiger partial charge in [0.05, 0.1) is 19.4 Å². The van der Waals surface area contributed by atoms with Crippen LogP contribution in [0.3, 0.4) is 0 Å². The molecule has 8 heteroatoms. The molecule has 0 bridgehead atoms. The number of hydrogen-bond donors (Lipinski definition) is 1. The Hall–Kier alpha value is -3.34. The molecule has 1 aromatic heterocycles. The molecule has 0 atom stereocenters. The van der Waals surface area contributed by atoms with Crippen molar-refractivity contribution in [3.63, 3.8) is 0 Å². The number of alkyl carbamates (subject to hydrolysis) is 1. The first-order chi connectivity index (χ1) is 14.7. The molecule has 1 aliphatic heterocycles. The summed E-state index contributed by atoms with van der Waals surface area (Å²) in [6.45, 7) is 13.9. The maximum atomic E-state index is 14.1. The van der Waals surface area contributed by atoms with Crippen molar-refractivity contribution in [3.05, 3.63) is 47.6 Å². The fraction of sp³-hybridized carbons (Fsp3) is 0.435. The van der Waals surface area contributed by atoms with Gasteiger partial charge in [-0.3, -0.25) is 0 Å². The number of rotatable bonds is 4. The molecule has 1 aliphatic rings. The van der Waals surface area contributed by atoms with E-state index in [-0.39, 0.29) is 11.7 Å². The molecule has 1 N–H and O–H groups in total. The van der Waals surface area contributed by atoms with Crippen LogP contribution in [0.15, 0.2) is 30.3 Å². The van der Waals surface area contributed by atoms with Crippen molar-refractivity contribution in [2.24, 2.45) is 0 Å². The average molecular weight is 426 g/mol. The van der Waals surface area contributed by atoms with E-state index in [1.54, 1.807) is 19.2 Å². The SMILES string of the molecule is [C-]#[N+]c1ccc(-c2cc(OC)cc(N3CCC(NC(=O)OC(C)(C)C)CC3)n2)cc1F. The Morgan fingerprint density at radius 3 is 2.55 bits per heavy atom. The highest BCUT2D eigenvalue weighted by Crippen LogP contribution is 2.31. The number of pyridine rings is 1. The number of aromatic nitrogens is 1. The summed E-state index contributed by atoms with van der Waals surface area (Å²) in [5, 5.41) is 2.93. The van der Waals surface area contributed by atoms with E-state index in [9.17, 15) is 9.18 Å². The molecular formula is C23H27FN4O3. The summed E-state index contributed by atoms with van der Waals surface area (Å²) in [4.78, 5) is 22.0. The second-order valence-electron chi connectivity index (χ2n) is 8.44. The number of carbonyl (C=O) groups is 1. The maximum Gasteiger partial charge on any atom is 0.407 e. The van der Waals surface area contributed by atoms with Gasteiger partial charge in [-0.2, -0.15) is 0 Å². The topological polar surface area (TPSA) is 68.0 Å². The van der Waals surface area contributed by atoms with Gasteiger partial charge in [-0.05, 0) is 39.7 Å². The summed E-state index contributed by atoms with van der Waals surface area (Å²) in [7, 11) is 1.57. The van der Waals surface area contributed by atoms with Crippen molar-refractivity contribution in [1.82, 2.24) is 10.3 Å². The fourth-order valence-electron chi connectivity index (χ4n) is 3.40. The van der Waals surface area contributed by atoms with E-state index >= 15 is 0 Å². The van der Waals surface area contributed by atoms with Gasteiger partial charge in [0.15, 0.2) is 0 Å². The summed E-state index contributed by atoms with van der Waals surface area (Å²) in [6, 6.07) is 8.06. The number of nitrogens with zero attached hydrogens (tertiary/aromatic N) is 3. The molecule has 0 saturated carbocycles. The molecule has 164 valence electrons. The Labute approximate surface area is 182 Å². The molecule has 0 radical (unpaired) electrons. The second-order valence-corrected chi connectivity index (χ2v) is 8.44. The summed E-state index contributed by atoms with van der Waals surface area (Å²) in [5.41, 5.74) is 0.592. The van der Waals surface area contributed by atoms with E-state index in [0.717, 1.165) is 18.7 Å². The highest BCUT2D eigenvalue weighted by atomic mass is 19.1. The third-order valence-electron chi connectivity index (χ3n) is 4.92. The second kappa shape index (κ2) is 9.21.